The van der Waals surface area contributed by atoms with Crippen LogP contribution in [0.5, 0.6) is 0 Å². The van der Waals surface area contributed by atoms with E-state index < -0.39 is 5.41 Å². The number of terminal acetylenes is 2. The molecule has 0 amide bonds. The summed E-state index contributed by atoms with van der Waals surface area (Å²) >= 11 is 0. The molecule has 0 aliphatic carbocycles. The summed E-state index contributed by atoms with van der Waals surface area (Å²) in [4.78, 5) is 6.65. The van der Waals surface area contributed by atoms with E-state index in [0.717, 1.165) is 36.8 Å². The van der Waals surface area contributed by atoms with Crippen molar-refractivity contribution in [1.29, 1.82) is 5.26 Å². The van der Waals surface area contributed by atoms with Gasteiger partial charge < -0.3 is 0 Å². The molecule has 1 aromatic heterocycles. The van der Waals surface area contributed by atoms with Crippen LogP contribution in [0, 0.1) is 36.0 Å². The zero-order valence-corrected chi connectivity index (χ0v) is 12.8. The number of piperidine rings is 1. The van der Waals surface area contributed by atoms with Gasteiger partial charge in [0.25, 0.3) is 0 Å². The van der Waals surface area contributed by atoms with E-state index in [1.165, 1.54) is 0 Å². The lowest BCUT2D eigenvalue weighted by atomic mass is 9.71. The van der Waals surface area contributed by atoms with E-state index in [2.05, 4.69) is 34.7 Å². The van der Waals surface area contributed by atoms with Crippen LogP contribution in [-0.4, -0.2) is 28.0 Å². The molecule has 0 saturated carbocycles. The fourth-order valence-corrected chi connectivity index (χ4v) is 4.17. The van der Waals surface area contributed by atoms with Gasteiger partial charge in [0.2, 0.25) is 0 Å². The molecule has 2 unspecified atom stereocenters. The van der Waals surface area contributed by atoms with E-state index in [4.69, 9.17) is 12.8 Å². The molecule has 2 aliphatic rings. The molecule has 3 heterocycles. The lowest BCUT2D eigenvalue weighted by Gasteiger charge is -2.44. The van der Waals surface area contributed by atoms with Crippen molar-refractivity contribution in [3.8, 4) is 30.8 Å². The molecular formula is C19H19N3. The van der Waals surface area contributed by atoms with E-state index in [9.17, 15) is 5.26 Å². The van der Waals surface area contributed by atoms with Crippen molar-refractivity contribution in [1.82, 2.24) is 9.88 Å². The van der Waals surface area contributed by atoms with E-state index in [0.29, 0.717) is 12.1 Å². The summed E-state index contributed by atoms with van der Waals surface area (Å²) in [6, 6.07) is 5.39. The van der Waals surface area contributed by atoms with Crippen LogP contribution < -0.4 is 0 Å². The average Bonchev–Trinajstić information content (AvgIpc) is 2.85. The molecule has 4 atom stereocenters. The van der Waals surface area contributed by atoms with Crippen molar-refractivity contribution < 1.29 is 0 Å². The highest BCUT2D eigenvalue weighted by molar-refractivity contribution is 5.40. The molecule has 2 saturated heterocycles. The van der Waals surface area contributed by atoms with Crippen molar-refractivity contribution in [2.45, 2.75) is 56.1 Å². The van der Waals surface area contributed by atoms with Gasteiger partial charge in [0.15, 0.2) is 0 Å². The second kappa shape index (κ2) is 5.49. The normalized spacial score (nSPS) is 31.7. The molecule has 110 valence electrons. The van der Waals surface area contributed by atoms with Gasteiger partial charge in [-0.15, -0.1) is 12.8 Å². The fourth-order valence-electron chi connectivity index (χ4n) is 4.17. The highest BCUT2D eigenvalue weighted by Crippen LogP contribution is 2.47. The van der Waals surface area contributed by atoms with Gasteiger partial charge in [0.05, 0.1) is 17.5 Å². The zero-order valence-electron chi connectivity index (χ0n) is 12.8. The van der Waals surface area contributed by atoms with Gasteiger partial charge in [0.1, 0.15) is 0 Å². The molecule has 3 heteroatoms. The molecule has 2 bridgehead atoms. The van der Waals surface area contributed by atoms with Crippen LogP contribution in [0.4, 0.5) is 0 Å². The van der Waals surface area contributed by atoms with Crippen LogP contribution in [0.1, 0.15) is 43.7 Å². The Morgan fingerprint density at radius 2 is 2.00 bits per heavy atom. The Bertz CT molecular complexity index is 687. The van der Waals surface area contributed by atoms with Crippen LogP contribution in [0.15, 0.2) is 18.5 Å². The Hall–Kier alpha value is -2.28. The maximum absolute atomic E-state index is 9.92. The molecule has 0 spiro atoms. The summed E-state index contributed by atoms with van der Waals surface area (Å²) in [5, 5.41) is 9.92. The second-order valence-corrected chi connectivity index (χ2v) is 6.38. The van der Waals surface area contributed by atoms with Crippen molar-refractivity contribution in [2.75, 3.05) is 0 Å². The van der Waals surface area contributed by atoms with Crippen LogP contribution in [0.25, 0.3) is 0 Å². The zero-order chi connectivity index (χ0) is 15.7. The topological polar surface area (TPSA) is 39.9 Å². The van der Waals surface area contributed by atoms with E-state index in [1.807, 2.05) is 6.07 Å². The Kier molecular flexibility index (Phi) is 3.66. The van der Waals surface area contributed by atoms with Gasteiger partial charge in [-0.2, -0.15) is 5.26 Å². The molecule has 0 N–H and O–H groups in total. The third kappa shape index (κ3) is 2.18. The standard InChI is InChI=1S/C19H19N3/c1-4-14(3)22-17-6-7-18(22)10-19(9-17,13-20)16-8-15(5-2)11-21-12-16/h1-2,8,11-12,14,17-18H,6-7,9-10H2,3H3/t14?,17-,18+,19?. The smallest absolute Gasteiger partial charge is 0.0867 e. The van der Waals surface area contributed by atoms with Crippen LogP contribution >= 0.6 is 0 Å². The van der Waals surface area contributed by atoms with Crippen molar-refractivity contribution in [3.63, 3.8) is 0 Å². The maximum Gasteiger partial charge on any atom is 0.0867 e. The first-order valence-corrected chi connectivity index (χ1v) is 7.70. The molecule has 2 fully saturated rings. The number of fused-ring (bicyclic) bond motifs is 2. The molecule has 1 aromatic rings. The molecule has 22 heavy (non-hydrogen) atoms. The molecule has 3 nitrogen and oxygen atoms in total. The highest BCUT2D eigenvalue weighted by atomic mass is 15.2. The highest BCUT2D eigenvalue weighted by Gasteiger charge is 2.50. The third-order valence-corrected chi connectivity index (χ3v) is 5.20. The molecule has 0 radical (unpaired) electrons. The number of hydrogen-bond acceptors (Lipinski definition) is 3. The van der Waals surface area contributed by atoms with Crippen molar-refractivity contribution in [2.24, 2.45) is 0 Å². The lowest BCUT2D eigenvalue weighted by molar-refractivity contribution is 0.0883. The number of nitriles is 1. The Morgan fingerprint density at radius 1 is 1.32 bits per heavy atom. The number of pyridine rings is 1. The summed E-state index contributed by atoms with van der Waals surface area (Å²) < 4.78 is 0. The van der Waals surface area contributed by atoms with E-state index in [1.54, 1.807) is 12.4 Å². The SMILES string of the molecule is C#Cc1cncc(C2(C#N)C[C@H]3CC[C@@H](C2)N3C(C)C#C)c1. The van der Waals surface area contributed by atoms with Gasteiger partial charge in [-0.05, 0) is 44.2 Å². The van der Waals surface area contributed by atoms with E-state index in [-0.39, 0.29) is 6.04 Å². The van der Waals surface area contributed by atoms with Crippen LogP contribution in [-0.2, 0) is 5.41 Å². The fraction of sp³-hybridized carbons (Fsp3) is 0.474. The first kappa shape index (κ1) is 14.6. The minimum atomic E-state index is -0.490. The van der Waals surface area contributed by atoms with Crippen molar-refractivity contribution >= 4 is 0 Å². The van der Waals surface area contributed by atoms with Gasteiger partial charge >= 0.3 is 0 Å². The molecule has 0 aromatic carbocycles. The Labute approximate surface area is 132 Å². The number of nitrogens with zero attached hydrogens (tertiary/aromatic N) is 3. The Morgan fingerprint density at radius 3 is 2.55 bits per heavy atom. The second-order valence-electron chi connectivity index (χ2n) is 6.38. The van der Waals surface area contributed by atoms with Gasteiger partial charge in [-0.3, -0.25) is 9.88 Å². The first-order valence-electron chi connectivity index (χ1n) is 7.70. The number of rotatable bonds is 2. The van der Waals surface area contributed by atoms with Gasteiger partial charge in [-0.25, -0.2) is 0 Å². The van der Waals surface area contributed by atoms with Crippen LogP contribution in [0.2, 0.25) is 0 Å². The largest absolute Gasteiger partial charge is 0.284 e. The molecule has 3 rings (SSSR count). The summed E-state index contributed by atoms with van der Waals surface area (Å²) in [5.74, 6) is 5.46. The minimum Gasteiger partial charge on any atom is -0.284 e. The predicted octanol–water partition coefficient (Wildman–Crippen LogP) is 2.47. The van der Waals surface area contributed by atoms with Gasteiger partial charge in [-0.1, -0.05) is 11.8 Å². The Balaban J connectivity index is 1.96. The van der Waals surface area contributed by atoms with Crippen molar-refractivity contribution in [3.05, 3.63) is 29.6 Å². The molecular weight excluding hydrogens is 270 g/mol. The average molecular weight is 289 g/mol. The quantitative estimate of drug-likeness (QED) is 0.785. The molecule has 2 aliphatic heterocycles. The van der Waals surface area contributed by atoms with Crippen LogP contribution in [0.3, 0.4) is 0 Å². The first-order chi connectivity index (χ1) is 10.6. The summed E-state index contributed by atoms with van der Waals surface area (Å²) in [6.45, 7) is 2.07. The van der Waals surface area contributed by atoms with E-state index >= 15 is 0 Å². The number of hydrogen-bond donors (Lipinski definition) is 0. The van der Waals surface area contributed by atoms with Gasteiger partial charge in [0, 0.05) is 30.0 Å². The maximum atomic E-state index is 9.92. The monoisotopic (exact) mass is 289 g/mol. The number of aromatic nitrogens is 1. The third-order valence-electron chi connectivity index (χ3n) is 5.20. The summed E-state index contributed by atoms with van der Waals surface area (Å²) in [5.41, 5.74) is 1.20. The predicted molar refractivity (Wildman–Crippen MR) is 85.6 cm³/mol. The summed E-state index contributed by atoms with van der Waals surface area (Å²) in [7, 11) is 0. The lowest BCUT2D eigenvalue weighted by Crippen LogP contribution is -2.52. The minimum absolute atomic E-state index is 0.129. The summed E-state index contributed by atoms with van der Waals surface area (Å²) in [6.07, 6.45) is 18.4.